The van der Waals surface area contributed by atoms with Gasteiger partial charge in [-0.25, -0.2) is 4.39 Å². The molecular formula is C21H27FN4O2. The van der Waals surface area contributed by atoms with Crippen LogP contribution in [0.1, 0.15) is 28.6 Å². The number of benzene rings is 1. The summed E-state index contributed by atoms with van der Waals surface area (Å²) in [6.07, 6.45) is 3.32. The van der Waals surface area contributed by atoms with Gasteiger partial charge in [0.1, 0.15) is 5.82 Å². The standard InChI is InChI=1S/C21H27FN4O2/c1-15-19(16(2)25(3)24-15)7-8-21(27)23-14-20(26-9-11-28-12-10-26)17-5-4-6-18(22)13-17/h4-8,13,20H,9-12,14H2,1-3H3,(H,23,27)/b8-7+. The molecule has 150 valence electrons. The zero-order chi connectivity index (χ0) is 20.1. The summed E-state index contributed by atoms with van der Waals surface area (Å²) in [5.41, 5.74) is 3.69. The first kappa shape index (κ1) is 20.2. The largest absolute Gasteiger partial charge is 0.379 e. The normalized spacial score (nSPS) is 16.4. The first-order valence-corrected chi connectivity index (χ1v) is 9.49. The molecule has 0 saturated carbocycles. The lowest BCUT2D eigenvalue weighted by Gasteiger charge is -2.34. The fourth-order valence-corrected chi connectivity index (χ4v) is 3.51. The molecular weight excluding hydrogens is 359 g/mol. The van der Waals surface area contributed by atoms with Crippen molar-refractivity contribution in [2.24, 2.45) is 7.05 Å². The van der Waals surface area contributed by atoms with Crippen LogP contribution in [0.4, 0.5) is 4.39 Å². The minimum atomic E-state index is -0.274. The molecule has 1 atom stereocenters. The van der Waals surface area contributed by atoms with Crippen LogP contribution in [0.2, 0.25) is 0 Å². The van der Waals surface area contributed by atoms with Crippen molar-refractivity contribution in [3.8, 4) is 0 Å². The van der Waals surface area contributed by atoms with Crippen LogP contribution in [-0.2, 0) is 16.6 Å². The van der Waals surface area contributed by atoms with Crippen LogP contribution in [0, 0.1) is 19.7 Å². The van der Waals surface area contributed by atoms with Gasteiger partial charge in [0, 0.05) is 44.0 Å². The third kappa shape index (κ3) is 4.85. The number of ether oxygens (including phenoxy) is 1. The Morgan fingerprint density at radius 3 is 2.75 bits per heavy atom. The third-order valence-corrected chi connectivity index (χ3v) is 5.16. The van der Waals surface area contributed by atoms with Crippen molar-refractivity contribution < 1.29 is 13.9 Å². The summed E-state index contributed by atoms with van der Waals surface area (Å²) in [5, 5.41) is 7.31. The van der Waals surface area contributed by atoms with Crippen molar-refractivity contribution in [2.45, 2.75) is 19.9 Å². The number of morpholine rings is 1. The summed E-state index contributed by atoms with van der Waals surface area (Å²) in [5.74, 6) is -0.457. The number of nitrogens with one attached hydrogen (secondary N) is 1. The highest BCUT2D eigenvalue weighted by Crippen LogP contribution is 2.22. The molecule has 0 radical (unpaired) electrons. The number of carbonyl (C=O) groups is 1. The average molecular weight is 386 g/mol. The molecule has 1 aliphatic heterocycles. The number of amides is 1. The van der Waals surface area contributed by atoms with Gasteiger partial charge in [-0.1, -0.05) is 12.1 Å². The fraction of sp³-hybridized carbons (Fsp3) is 0.429. The van der Waals surface area contributed by atoms with Gasteiger partial charge in [-0.15, -0.1) is 0 Å². The number of carbonyl (C=O) groups excluding carboxylic acids is 1. The van der Waals surface area contributed by atoms with E-state index in [1.165, 1.54) is 18.2 Å². The molecule has 2 heterocycles. The molecule has 6 nitrogen and oxygen atoms in total. The van der Waals surface area contributed by atoms with Gasteiger partial charge in [-0.05, 0) is 37.6 Å². The van der Waals surface area contributed by atoms with E-state index in [1.807, 2.05) is 27.0 Å². The molecule has 1 saturated heterocycles. The van der Waals surface area contributed by atoms with Crippen LogP contribution in [-0.4, -0.2) is 53.4 Å². The molecule has 1 fully saturated rings. The zero-order valence-corrected chi connectivity index (χ0v) is 16.6. The first-order valence-electron chi connectivity index (χ1n) is 9.49. The summed E-state index contributed by atoms with van der Waals surface area (Å²) in [6, 6.07) is 6.46. The number of hydrogen-bond donors (Lipinski definition) is 1. The molecule has 1 aromatic heterocycles. The van der Waals surface area contributed by atoms with Gasteiger partial charge in [-0.3, -0.25) is 14.4 Å². The highest BCUT2D eigenvalue weighted by Gasteiger charge is 2.23. The third-order valence-electron chi connectivity index (χ3n) is 5.16. The lowest BCUT2D eigenvalue weighted by molar-refractivity contribution is -0.116. The van der Waals surface area contributed by atoms with Crippen LogP contribution in [0.25, 0.3) is 6.08 Å². The van der Waals surface area contributed by atoms with Crippen LogP contribution >= 0.6 is 0 Å². The fourth-order valence-electron chi connectivity index (χ4n) is 3.51. The van der Waals surface area contributed by atoms with Crippen molar-refractivity contribution in [2.75, 3.05) is 32.8 Å². The number of aromatic nitrogens is 2. The van der Waals surface area contributed by atoms with E-state index in [0.717, 1.165) is 35.6 Å². The summed E-state index contributed by atoms with van der Waals surface area (Å²) in [7, 11) is 1.88. The summed E-state index contributed by atoms with van der Waals surface area (Å²) < 4.78 is 21.0. The van der Waals surface area contributed by atoms with Crippen molar-refractivity contribution in [1.29, 1.82) is 0 Å². The lowest BCUT2D eigenvalue weighted by atomic mass is 10.0. The number of halogens is 1. The van der Waals surface area contributed by atoms with E-state index >= 15 is 0 Å². The van der Waals surface area contributed by atoms with E-state index in [-0.39, 0.29) is 17.8 Å². The predicted octanol–water partition coefficient (Wildman–Crippen LogP) is 2.38. The van der Waals surface area contributed by atoms with Gasteiger partial charge in [0.05, 0.1) is 24.9 Å². The quantitative estimate of drug-likeness (QED) is 0.775. The Balaban J connectivity index is 1.68. The molecule has 3 rings (SSSR count). The maximum Gasteiger partial charge on any atom is 0.244 e. The molecule has 1 unspecified atom stereocenters. The topological polar surface area (TPSA) is 59.4 Å². The van der Waals surface area contributed by atoms with E-state index in [1.54, 1.807) is 16.8 Å². The van der Waals surface area contributed by atoms with Crippen molar-refractivity contribution in [3.05, 3.63) is 58.7 Å². The maximum atomic E-state index is 13.7. The van der Waals surface area contributed by atoms with E-state index in [2.05, 4.69) is 15.3 Å². The van der Waals surface area contributed by atoms with Gasteiger partial charge in [0.25, 0.3) is 0 Å². The molecule has 1 aromatic carbocycles. The molecule has 1 amide bonds. The Hall–Kier alpha value is -2.51. The monoisotopic (exact) mass is 386 g/mol. The minimum Gasteiger partial charge on any atom is -0.379 e. The molecule has 28 heavy (non-hydrogen) atoms. The second-order valence-corrected chi connectivity index (χ2v) is 7.01. The Labute approximate surface area is 165 Å². The molecule has 0 bridgehead atoms. The summed E-state index contributed by atoms with van der Waals surface area (Å²) >= 11 is 0. The second-order valence-electron chi connectivity index (χ2n) is 7.01. The van der Waals surface area contributed by atoms with Crippen molar-refractivity contribution in [1.82, 2.24) is 20.0 Å². The van der Waals surface area contributed by atoms with E-state index in [0.29, 0.717) is 19.8 Å². The Morgan fingerprint density at radius 1 is 1.36 bits per heavy atom. The Bertz CT molecular complexity index is 856. The smallest absolute Gasteiger partial charge is 0.244 e. The highest BCUT2D eigenvalue weighted by molar-refractivity contribution is 5.92. The lowest BCUT2D eigenvalue weighted by Crippen LogP contribution is -2.43. The van der Waals surface area contributed by atoms with Crippen LogP contribution < -0.4 is 5.32 Å². The van der Waals surface area contributed by atoms with Gasteiger partial charge in [0.15, 0.2) is 0 Å². The Kier molecular flexibility index (Phi) is 6.59. The maximum absolute atomic E-state index is 13.7. The van der Waals surface area contributed by atoms with Gasteiger partial charge < -0.3 is 10.1 Å². The van der Waals surface area contributed by atoms with Crippen LogP contribution in [0.3, 0.4) is 0 Å². The minimum absolute atomic E-state index is 0.0983. The number of nitrogens with zero attached hydrogens (tertiary/aromatic N) is 3. The molecule has 2 aromatic rings. The molecule has 1 N–H and O–H groups in total. The van der Waals surface area contributed by atoms with E-state index in [4.69, 9.17) is 4.74 Å². The van der Waals surface area contributed by atoms with E-state index < -0.39 is 0 Å². The first-order chi connectivity index (χ1) is 13.5. The molecule has 0 aliphatic carbocycles. The summed E-state index contributed by atoms with van der Waals surface area (Å²) in [4.78, 5) is 14.6. The number of hydrogen-bond acceptors (Lipinski definition) is 4. The van der Waals surface area contributed by atoms with Crippen LogP contribution in [0.5, 0.6) is 0 Å². The average Bonchev–Trinajstić information content (AvgIpc) is 2.93. The van der Waals surface area contributed by atoms with Crippen LogP contribution in [0.15, 0.2) is 30.3 Å². The van der Waals surface area contributed by atoms with E-state index in [9.17, 15) is 9.18 Å². The Morgan fingerprint density at radius 2 is 2.11 bits per heavy atom. The highest BCUT2D eigenvalue weighted by atomic mass is 19.1. The molecule has 0 spiro atoms. The predicted molar refractivity (Wildman–Crippen MR) is 106 cm³/mol. The molecule has 1 aliphatic rings. The van der Waals surface area contributed by atoms with Crippen molar-refractivity contribution in [3.63, 3.8) is 0 Å². The van der Waals surface area contributed by atoms with Gasteiger partial charge in [-0.2, -0.15) is 5.10 Å². The zero-order valence-electron chi connectivity index (χ0n) is 16.6. The number of rotatable bonds is 6. The second kappa shape index (κ2) is 9.12. The van der Waals surface area contributed by atoms with Gasteiger partial charge in [0.2, 0.25) is 5.91 Å². The summed E-state index contributed by atoms with van der Waals surface area (Å²) in [6.45, 7) is 7.07. The SMILES string of the molecule is Cc1nn(C)c(C)c1/C=C/C(=O)NCC(c1cccc(F)c1)N1CCOCC1. The van der Waals surface area contributed by atoms with Gasteiger partial charge >= 0.3 is 0 Å². The number of aryl methyl sites for hydroxylation is 2. The molecule has 7 heteroatoms. The van der Waals surface area contributed by atoms with Crippen molar-refractivity contribution >= 4 is 12.0 Å².